The van der Waals surface area contributed by atoms with Crippen LogP contribution in [0.4, 0.5) is 16.6 Å². The maximum Gasteiger partial charge on any atom is 0.357 e. The maximum atomic E-state index is 12.6. The van der Waals surface area contributed by atoms with Crippen LogP contribution >= 0.6 is 11.3 Å². The molecule has 0 aliphatic carbocycles. The minimum absolute atomic E-state index is 0.114. The van der Waals surface area contributed by atoms with Gasteiger partial charge in [-0.15, -0.1) is 0 Å². The molecule has 0 spiro atoms. The predicted molar refractivity (Wildman–Crippen MR) is 119 cm³/mol. The molecular formula is C21H25N5O4S. The van der Waals surface area contributed by atoms with Crippen molar-refractivity contribution < 1.29 is 19.4 Å². The van der Waals surface area contributed by atoms with E-state index in [1.54, 1.807) is 52.9 Å². The van der Waals surface area contributed by atoms with Gasteiger partial charge in [0.05, 0.1) is 11.9 Å². The Kier molecular flexibility index (Phi) is 6.03. The molecule has 164 valence electrons. The molecule has 0 aliphatic heterocycles. The van der Waals surface area contributed by atoms with Gasteiger partial charge in [-0.2, -0.15) is 5.10 Å². The van der Waals surface area contributed by atoms with Crippen molar-refractivity contribution in [3.05, 3.63) is 46.1 Å². The zero-order chi connectivity index (χ0) is 22.9. The summed E-state index contributed by atoms with van der Waals surface area (Å²) in [5, 5.41) is 20.4. The first-order valence-electron chi connectivity index (χ1n) is 9.55. The van der Waals surface area contributed by atoms with E-state index < -0.39 is 11.6 Å². The van der Waals surface area contributed by atoms with Crippen LogP contribution in [0.1, 0.15) is 52.1 Å². The highest BCUT2D eigenvalue weighted by Gasteiger charge is 2.22. The minimum atomic E-state index is -0.612. The molecule has 3 rings (SSSR count). The fourth-order valence-corrected chi connectivity index (χ4v) is 3.52. The summed E-state index contributed by atoms with van der Waals surface area (Å²) in [6, 6.07) is 4.89. The van der Waals surface area contributed by atoms with Gasteiger partial charge in [0.15, 0.2) is 10.9 Å². The molecular weight excluding hydrogens is 418 g/mol. The van der Waals surface area contributed by atoms with Gasteiger partial charge < -0.3 is 20.5 Å². The van der Waals surface area contributed by atoms with Crippen molar-refractivity contribution in [3.8, 4) is 5.75 Å². The summed E-state index contributed by atoms with van der Waals surface area (Å²) < 4.78 is 6.80. The molecule has 9 nitrogen and oxygen atoms in total. The van der Waals surface area contributed by atoms with Crippen LogP contribution in [0.2, 0.25) is 0 Å². The number of rotatable bonds is 5. The van der Waals surface area contributed by atoms with Crippen molar-refractivity contribution in [1.29, 1.82) is 0 Å². The van der Waals surface area contributed by atoms with Crippen molar-refractivity contribution in [2.45, 2.75) is 40.2 Å². The van der Waals surface area contributed by atoms with Crippen LogP contribution in [-0.2, 0) is 11.8 Å². The van der Waals surface area contributed by atoms with E-state index in [0.29, 0.717) is 32.8 Å². The number of phenols is 1. The second-order valence-electron chi connectivity index (χ2n) is 8.05. The lowest BCUT2D eigenvalue weighted by molar-refractivity contribution is 0.00574. The Morgan fingerprint density at radius 2 is 1.94 bits per heavy atom. The monoisotopic (exact) mass is 443 g/mol. The highest BCUT2D eigenvalue weighted by molar-refractivity contribution is 7.17. The summed E-state index contributed by atoms with van der Waals surface area (Å²) in [6.45, 7) is 8.97. The van der Waals surface area contributed by atoms with Gasteiger partial charge in [0.2, 0.25) is 0 Å². The predicted octanol–water partition coefficient (Wildman–Crippen LogP) is 4.15. The van der Waals surface area contributed by atoms with Gasteiger partial charge in [0.25, 0.3) is 5.91 Å². The molecule has 0 aliphatic rings. The smallest absolute Gasteiger partial charge is 0.357 e. The van der Waals surface area contributed by atoms with Crippen LogP contribution in [0.5, 0.6) is 5.75 Å². The standard InChI is InChI=1S/C21H25N5O4S/c1-11-7-8-14(27)12(2)17(11)24-18(28)15-10-22-20(31-15)23-16-9-13(26(6)25-16)19(29)30-21(3,4)5/h7-10,27H,1-6H3,(H,24,28)(H,22,23,25). The number of nitrogens with one attached hydrogen (secondary N) is 2. The third kappa shape index (κ3) is 5.21. The number of amides is 1. The summed E-state index contributed by atoms with van der Waals surface area (Å²) >= 11 is 1.14. The lowest BCUT2D eigenvalue weighted by atomic mass is 10.1. The van der Waals surface area contributed by atoms with E-state index in [9.17, 15) is 14.7 Å². The normalized spacial score (nSPS) is 11.3. The number of anilines is 3. The quantitative estimate of drug-likeness (QED) is 0.507. The Balaban J connectivity index is 1.72. The molecule has 2 aromatic heterocycles. The zero-order valence-corrected chi connectivity index (χ0v) is 19.0. The Morgan fingerprint density at radius 3 is 2.61 bits per heavy atom. The molecule has 3 aromatic rings. The SMILES string of the molecule is Cc1ccc(O)c(C)c1NC(=O)c1cnc(Nc2cc(C(=O)OC(C)(C)C)n(C)n2)s1. The number of carbonyl (C=O) groups is 2. The summed E-state index contributed by atoms with van der Waals surface area (Å²) in [7, 11) is 1.64. The van der Waals surface area contributed by atoms with E-state index >= 15 is 0 Å². The second-order valence-corrected chi connectivity index (χ2v) is 9.08. The molecule has 31 heavy (non-hydrogen) atoms. The van der Waals surface area contributed by atoms with E-state index in [1.165, 1.54) is 10.9 Å². The van der Waals surface area contributed by atoms with E-state index in [0.717, 1.165) is 16.9 Å². The molecule has 1 aromatic carbocycles. The van der Waals surface area contributed by atoms with Crippen LogP contribution in [0, 0.1) is 13.8 Å². The largest absolute Gasteiger partial charge is 0.508 e. The third-order valence-corrected chi connectivity index (χ3v) is 5.25. The Hall–Kier alpha value is -3.40. The first-order valence-corrected chi connectivity index (χ1v) is 10.4. The molecule has 10 heteroatoms. The molecule has 0 fully saturated rings. The van der Waals surface area contributed by atoms with Crippen LogP contribution in [0.3, 0.4) is 0 Å². The van der Waals surface area contributed by atoms with Crippen molar-refractivity contribution in [2.24, 2.45) is 7.05 Å². The average Bonchev–Trinajstić information content (AvgIpc) is 3.27. The lowest BCUT2D eigenvalue weighted by Gasteiger charge is -2.19. The number of ether oxygens (including phenoxy) is 1. The van der Waals surface area contributed by atoms with Crippen molar-refractivity contribution >= 4 is 39.9 Å². The van der Waals surface area contributed by atoms with Crippen molar-refractivity contribution in [2.75, 3.05) is 10.6 Å². The van der Waals surface area contributed by atoms with Gasteiger partial charge in [-0.05, 0) is 46.2 Å². The van der Waals surface area contributed by atoms with Gasteiger partial charge in [0.1, 0.15) is 21.9 Å². The Labute approximate surface area is 184 Å². The van der Waals surface area contributed by atoms with Crippen LogP contribution in [0.25, 0.3) is 0 Å². The number of esters is 1. The second kappa shape index (κ2) is 8.38. The van der Waals surface area contributed by atoms with Gasteiger partial charge in [-0.3, -0.25) is 9.48 Å². The minimum Gasteiger partial charge on any atom is -0.508 e. The number of hydrogen-bond donors (Lipinski definition) is 3. The third-order valence-electron chi connectivity index (χ3n) is 4.34. The topological polar surface area (TPSA) is 118 Å². The number of nitrogens with zero attached hydrogens (tertiary/aromatic N) is 3. The first-order chi connectivity index (χ1) is 14.4. The molecule has 2 heterocycles. The fourth-order valence-electron chi connectivity index (χ4n) is 2.80. The van der Waals surface area contributed by atoms with E-state index in [1.807, 2.05) is 6.92 Å². The lowest BCUT2D eigenvalue weighted by Crippen LogP contribution is -2.25. The number of hydrogen-bond acceptors (Lipinski definition) is 8. The zero-order valence-electron chi connectivity index (χ0n) is 18.2. The van der Waals surface area contributed by atoms with Crippen LogP contribution < -0.4 is 10.6 Å². The number of aromatic nitrogens is 3. The number of benzene rings is 1. The molecule has 0 unspecified atom stereocenters. The summed E-state index contributed by atoms with van der Waals surface area (Å²) in [4.78, 5) is 29.5. The molecule has 0 saturated carbocycles. The Morgan fingerprint density at radius 1 is 1.23 bits per heavy atom. The average molecular weight is 444 g/mol. The van der Waals surface area contributed by atoms with E-state index in [-0.39, 0.29) is 11.7 Å². The molecule has 1 amide bonds. The Bertz CT molecular complexity index is 1140. The number of thiazole rings is 1. The van der Waals surface area contributed by atoms with E-state index in [2.05, 4.69) is 20.7 Å². The van der Waals surface area contributed by atoms with Crippen molar-refractivity contribution in [3.63, 3.8) is 0 Å². The van der Waals surface area contributed by atoms with Crippen LogP contribution in [-0.4, -0.2) is 37.3 Å². The van der Waals surface area contributed by atoms with Crippen molar-refractivity contribution in [1.82, 2.24) is 14.8 Å². The fraction of sp³-hybridized carbons (Fsp3) is 0.333. The van der Waals surface area contributed by atoms with Gasteiger partial charge in [-0.1, -0.05) is 17.4 Å². The number of phenolic OH excluding ortho intramolecular Hbond substituents is 1. The van der Waals surface area contributed by atoms with Crippen LogP contribution in [0.15, 0.2) is 24.4 Å². The highest BCUT2D eigenvalue weighted by Crippen LogP contribution is 2.29. The van der Waals surface area contributed by atoms with E-state index in [4.69, 9.17) is 4.74 Å². The molecule has 0 atom stereocenters. The van der Waals surface area contributed by atoms with Gasteiger partial charge in [-0.25, -0.2) is 9.78 Å². The van der Waals surface area contributed by atoms with Gasteiger partial charge in [0, 0.05) is 18.7 Å². The number of aryl methyl sites for hydroxylation is 2. The molecule has 3 N–H and O–H groups in total. The summed E-state index contributed by atoms with van der Waals surface area (Å²) in [5.74, 6) is -0.294. The molecule has 0 saturated heterocycles. The number of carbonyl (C=O) groups excluding carboxylic acids is 2. The van der Waals surface area contributed by atoms with Gasteiger partial charge >= 0.3 is 5.97 Å². The highest BCUT2D eigenvalue weighted by atomic mass is 32.1. The summed E-state index contributed by atoms with van der Waals surface area (Å²) in [5.41, 5.74) is 1.69. The molecule has 0 radical (unpaired) electrons. The molecule has 0 bridgehead atoms. The first kappa shape index (κ1) is 22.3. The summed E-state index contributed by atoms with van der Waals surface area (Å²) in [6.07, 6.45) is 1.45. The number of aromatic hydroxyl groups is 1. The maximum absolute atomic E-state index is 12.6.